The zero-order chi connectivity index (χ0) is 15.2. The number of para-hydroxylation sites is 1. The van der Waals surface area contributed by atoms with Crippen LogP contribution < -0.4 is 5.32 Å². The number of hydrogen-bond donors (Lipinski definition) is 1. The highest BCUT2D eigenvalue weighted by atomic mass is 35.5. The molecule has 0 radical (unpaired) electrons. The fraction of sp³-hybridized carbons (Fsp3) is 0.533. The maximum absolute atomic E-state index is 12.2. The maximum Gasteiger partial charge on any atom is 0.241 e. The summed E-state index contributed by atoms with van der Waals surface area (Å²) in [6, 6.07) is 7.02. The van der Waals surface area contributed by atoms with Crippen molar-refractivity contribution >= 4 is 23.2 Å². The van der Waals surface area contributed by atoms with Gasteiger partial charge in [0.2, 0.25) is 5.91 Å². The number of carbonyl (C=O) groups excluding carboxylic acids is 1. The predicted molar refractivity (Wildman–Crippen MR) is 82.7 cm³/mol. The maximum atomic E-state index is 12.2. The van der Waals surface area contributed by atoms with Gasteiger partial charge in [-0.15, -0.1) is 0 Å². The molecule has 0 bridgehead atoms. The Bertz CT molecular complexity index is 478. The summed E-state index contributed by atoms with van der Waals surface area (Å²) in [4.78, 5) is 14.3. The summed E-state index contributed by atoms with van der Waals surface area (Å²) < 4.78 is 10.5. The fourth-order valence-electron chi connectivity index (χ4n) is 2.15. The molecule has 0 unspecified atom stereocenters. The van der Waals surface area contributed by atoms with Crippen LogP contribution in [-0.2, 0) is 14.3 Å². The van der Waals surface area contributed by atoms with Crippen LogP contribution in [0, 0.1) is 0 Å². The molecule has 116 valence electrons. The van der Waals surface area contributed by atoms with E-state index in [0.29, 0.717) is 23.9 Å². The molecule has 1 saturated heterocycles. The third-order valence-corrected chi connectivity index (χ3v) is 3.91. The van der Waals surface area contributed by atoms with Crippen LogP contribution in [-0.4, -0.2) is 56.4 Å². The van der Waals surface area contributed by atoms with Gasteiger partial charge in [-0.05, 0) is 19.1 Å². The second kappa shape index (κ2) is 7.75. The van der Waals surface area contributed by atoms with Gasteiger partial charge in [0.25, 0.3) is 0 Å². The van der Waals surface area contributed by atoms with Crippen molar-refractivity contribution in [1.82, 2.24) is 4.90 Å². The molecule has 0 spiro atoms. The summed E-state index contributed by atoms with van der Waals surface area (Å²) in [5.41, 5.74) is 0.643. The Labute approximate surface area is 130 Å². The van der Waals surface area contributed by atoms with Crippen LogP contribution in [0.1, 0.15) is 6.92 Å². The van der Waals surface area contributed by atoms with E-state index in [-0.39, 0.29) is 18.1 Å². The first-order chi connectivity index (χ1) is 10.1. The van der Waals surface area contributed by atoms with E-state index in [4.69, 9.17) is 21.1 Å². The van der Waals surface area contributed by atoms with Crippen LogP contribution in [0.25, 0.3) is 0 Å². The molecule has 1 aliphatic heterocycles. The van der Waals surface area contributed by atoms with E-state index >= 15 is 0 Å². The molecule has 6 heteroatoms. The summed E-state index contributed by atoms with van der Waals surface area (Å²) >= 11 is 6.03. The fourth-order valence-corrected chi connectivity index (χ4v) is 2.34. The van der Waals surface area contributed by atoms with Gasteiger partial charge in [0.15, 0.2) is 0 Å². The molecular weight excluding hydrogens is 292 g/mol. The van der Waals surface area contributed by atoms with Crippen molar-refractivity contribution in [3.63, 3.8) is 0 Å². The van der Waals surface area contributed by atoms with Crippen LogP contribution in [0.15, 0.2) is 24.3 Å². The third-order valence-electron chi connectivity index (χ3n) is 3.58. The highest BCUT2D eigenvalue weighted by Crippen LogP contribution is 2.22. The standard InChI is InChI=1S/C15H21ClN2O3/c1-11(18-9-12(10-18)21-8-7-20-2)15(19)17-14-6-4-3-5-13(14)16/h3-6,11-12H,7-10H2,1-2H3,(H,17,19)/t11-/m1/s1. The molecule has 1 N–H and O–H groups in total. The number of ether oxygens (including phenoxy) is 2. The van der Waals surface area contributed by atoms with E-state index in [1.807, 2.05) is 19.1 Å². The van der Waals surface area contributed by atoms with Crippen molar-refractivity contribution in [1.29, 1.82) is 0 Å². The van der Waals surface area contributed by atoms with Gasteiger partial charge >= 0.3 is 0 Å². The Hall–Kier alpha value is -1.14. The lowest BCUT2D eigenvalue weighted by atomic mass is 10.1. The highest BCUT2D eigenvalue weighted by Gasteiger charge is 2.34. The van der Waals surface area contributed by atoms with Gasteiger partial charge in [-0.1, -0.05) is 23.7 Å². The van der Waals surface area contributed by atoms with Crippen molar-refractivity contribution in [2.45, 2.75) is 19.1 Å². The molecule has 0 aliphatic carbocycles. The van der Waals surface area contributed by atoms with Crippen molar-refractivity contribution in [2.24, 2.45) is 0 Å². The molecule has 1 aromatic carbocycles. The molecule has 0 aromatic heterocycles. The second-order valence-corrected chi connectivity index (χ2v) is 5.49. The summed E-state index contributed by atoms with van der Waals surface area (Å²) in [6.07, 6.45) is 0.190. The number of hydrogen-bond acceptors (Lipinski definition) is 4. The number of carbonyl (C=O) groups is 1. The number of amides is 1. The molecule has 1 aliphatic rings. The number of benzene rings is 1. The summed E-state index contributed by atoms with van der Waals surface area (Å²) in [7, 11) is 1.65. The van der Waals surface area contributed by atoms with E-state index in [0.717, 1.165) is 13.1 Å². The SMILES string of the molecule is COCCOC1CN([C@H](C)C(=O)Nc2ccccc2Cl)C1. The predicted octanol–water partition coefficient (Wildman–Crippen LogP) is 2.01. The molecule has 0 saturated carbocycles. The molecule has 1 aromatic rings. The molecule has 1 amide bonds. The Morgan fingerprint density at radius 3 is 2.81 bits per heavy atom. The summed E-state index contributed by atoms with van der Waals surface area (Å²) in [6.45, 7) is 4.60. The lowest BCUT2D eigenvalue weighted by Gasteiger charge is -2.42. The minimum Gasteiger partial charge on any atom is -0.382 e. The first kappa shape index (κ1) is 16.2. The second-order valence-electron chi connectivity index (χ2n) is 5.08. The minimum atomic E-state index is -0.205. The van der Waals surface area contributed by atoms with Crippen LogP contribution >= 0.6 is 11.6 Å². The van der Waals surface area contributed by atoms with Crippen LogP contribution in [0.2, 0.25) is 5.02 Å². The average molecular weight is 313 g/mol. The number of methoxy groups -OCH3 is 1. The van der Waals surface area contributed by atoms with Crippen LogP contribution in [0.4, 0.5) is 5.69 Å². The average Bonchev–Trinajstić information content (AvgIpc) is 2.43. The number of anilines is 1. The van der Waals surface area contributed by atoms with Crippen LogP contribution in [0.3, 0.4) is 0 Å². The first-order valence-electron chi connectivity index (χ1n) is 7.01. The Morgan fingerprint density at radius 1 is 1.43 bits per heavy atom. The number of halogens is 1. The molecule has 21 heavy (non-hydrogen) atoms. The van der Waals surface area contributed by atoms with Gasteiger partial charge in [0.05, 0.1) is 36.1 Å². The molecular formula is C15H21ClN2O3. The molecule has 1 atom stereocenters. The number of likely N-dealkylation sites (tertiary alicyclic amines) is 1. The van der Waals surface area contributed by atoms with Gasteiger partial charge in [0.1, 0.15) is 0 Å². The van der Waals surface area contributed by atoms with Gasteiger partial charge < -0.3 is 14.8 Å². The normalized spacial score (nSPS) is 17.3. The third kappa shape index (κ3) is 4.41. The van der Waals surface area contributed by atoms with Crippen LogP contribution in [0.5, 0.6) is 0 Å². The van der Waals surface area contributed by atoms with E-state index in [1.165, 1.54) is 0 Å². The first-order valence-corrected chi connectivity index (χ1v) is 7.39. The molecule has 1 heterocycles. The van der Waals surface area contributed by atoms with E-state index in [1.54, 1.807) is 19.2 Å². The van der Waals surface area contributed by atoms with Gasteiger partial charge in [0, 0.05) is 20.2 Å². The van der Waals surface area contributed by atoms with Crippen molar-refractivity contribution < 1.29 is 14.3 Å². The zero-order valence-corrected chi connectivity index (χ0v) is 13.1. The van der Waals surface area contributed by atoms with Crippen molar-refractivity contribution in [3.05, 3.63) is 29.3 Å². The summed E-state index contributed by atoms with van der Waals surface area (Å²) in [5, 5.41) is 3.40. The lowest BCUT2D eigenvalue weighted by molar-refractivity contribution is -0.128. The number of nitrogens with one attached hydrogen (secondary N) is 1. The number of rotatable bonds is 7. The van der Waals surface area contributed by atoms with E-state index < -0.39 is 0 Å². The van der Waals surface area contributed by atoms with Gasteiger partial charge in [-0.3, -0.25) is 9.69 Å². The Balaban J connectivity index is 1.76. The topological polar surface area (TPSA) is 50.8 Å². The molecule has 2 rings (SSSR count). The lowest BCUT2D eigenvalue weighted by Crippen LogP contribution is -2.58. The summed E-state index contributed by atoms with van der Waals surface area (Å²) in [5.74, 6) is -0.0570. The quantitative estimate of drug-likeness (QED) is 0.783. The monoisotopic (exact) mass is 312 g/mol. The molecule has 5 nitrogen and oxygen atoms in total. The van der Waals surface area contributed by atoms with E-state index in [2.05, 4.69) is 10.2 Å². The van der Waals surface area contributed by atoms with Gasteiger partial charge in [-0.25, -0.2) is 0 Å². The molecule has 1 fully saturated rings. The van der Waals surface area contributed by atoms with Crippen molar-refractivity contribution in [3.8, 4) is 0 Å². The number of nitrogens with zero attached hydrogens (tertiary/aromatic N) is 1. The Kier molecular flexibility index (Phi) is 5.99. The van der Waals surface area contributed by atoms with E-state index in [9.17, 15) is 4.79 Å². The smallest absolute Gasteiger partial charge is 0.241 e. The largest absolute Gasteiger partial charge is 0.382 e. The Morgan fingerprint density at radius 2 is 2.14 bits per heavy atom. The van der Waals surface area contributed by atoms with Gasteiger partial charge in [-0.2, -0.15) is 0 Å². The zero-order valence-electron chi connectivity index (χ0n) is 12.3. The minimum absolute atomic E-state index is 0.0570. The highest BCUT2D eigenvalue weighted by molar-refractivity contribution is 6.33. The van der Waals surface area contributed by atoms with Crippen molar-refractivity contribution in [2.75, 3.05) is 38.7 Å².